The van der Waals surface area contributed by atoms with Gasteiger partial charge in [-0.05, 0) is 17.3 Å². The molecule has 1 atom stereocenters. The summed E-state index contributed by atoms with van der Waals surface area (Å²) in [6.45, 7) is 13.2. The summed E-state index contributed by atoms with van der Waals surface area (Å²) in [5.74, 6) is 0.0899. The van der Waals surface area contributed by atoms with E-state index in [9.17, 15) is 4.79 Å². The fraction of sp³-hybridized carbons (Fsp3) is 0.923. The van der Waals surface area contributed by atoms with E-state index in [2.05, 4.69) is 46.9 Å². The van der Waals surface area contributed by atoms with E-state index in [1.54, 1.807) is 0 Å². The largest absolute Gasteiger partial charge is 0.355 e. The molecule has 0 saturated heterocycles. The second-order valence-electron chi connectivity index (χ2n) is 6.90. The van der Waals surface area contributed by atoms with Gasteiger partial charge in [-0.2, -0.15) is 0 Å². The maximum absolute atomic E-state index is 11.6. The average Bonchev–Trinajstić information content (AvgIpc) is 1.94. The van der Waals surface area contributed by atoms with E-state index in [1.807, 2.05) is 0 Å². The Labute approximate surface area is 105 Å². The Kier molecular flexibility index (Phi) is 5.81. The highest BCUT2D eigenvalue weighted by Gasteiger charge is 2.19. The summed E-state index contributed by atoms with van der Waals surface area (Å²) in [7, 11) is 0. The van der Waals surface area contributed by atoms with Gasteiger partial charge in [-0.25, -0.2) is 0 Å². The van der Waals surface area contributed by atoms with Crippen LogP contribution in [0.25, 0.3) is 0 Å². The molecule has 1 amide bonds. The minimum absolute atomic E-state index is 0.0175. The molecule has 0 aromatic rings. The molecular formula is C13H26ClNO. The third kappa shape index (κ3) is 10.3. The zero-order valence-electron chi connectivity index (χ0n) is 11.5. The van der Waals surface area contributed by atoms with Crippen molar-refractivity contribution in [2.24, 2.45) is 10.8 Å². The summed E-state index contributed by atoms with van der Waals surface area (Å²) in [6.07, 6.45) is 1.45. The van der Waals surface area contributed by atoms with E-state index in [0.29, 0.717) is 13.0 Å². The quantitative estimate of drug-likeness (QED) is 0.756. The monoisotopic (exact) mass is 247 g/mol. The Morgan fingerprint density at radius 2 is 1.62 bits per heavy atom. The number of carbonyl (C=O) groups excluding carboxylic acids is 1. The summed E-state index contributed by atoms with van der Waals surface area (Å²) in [5, 5.41) is 2.91. The third-order valence-electron chi connectivity index (χ3n) is 2.05. The second kappa shape index (κ2) is 5.90. The standard InChI is InChI=1S/C13H26ClNO/c1-12(2,3)7-10(14)9-15-11(16)8-13(4,5)6/h10H,7-9H2,1-6H3,(H,15,16). The topological polar surface area (TPSA) is 29.1 Å². The number of halogens is 1. The van der Waals surface area contributed by atoms with Gasteiger partial charge >= 0.3 is 0 Å². The fourth-order valence-corrected chi connectivity index (χ4v) is 2.05. The summed E-state index contributed by atoms with van der Waals surface area (Å²) >= 11 is 6.17. The van der Waals surface area contributed by atoms with Crippen molar-refractivity contribution in [1.82, 2.24) is 5.32 Å². The molecule has 2 nitrogen and oxygen atoms in total. The Bertz CT molecular complexity index is 225. The van der Waals surface area contributed by atoms with Crippen LogP contribution in [0.4, 0.5) is 0 Å². The molecule has 3 heteroatoms. The molecule has 0 rings (SSSR count). The van der Waals surface area contributed by atoms with Crippen molar-refractivity contribution < 1.29 is 4.79 Å². The maximum atomic E-state index is 11.6. The normalized spacial score (nSPS) is 14.7. The molecule has 16 heavy (non-hydrogen) atoms. The molecule has 0 aliphatic heterocycles. The molecule has 0 fully saturated rings. The maximum Gasteiger partial charge on any atom is 0.220 e. The minimum Gasteiger partial charge on any atom is -0.355 e. The zero-order valence-corrected chi connectivity index (χ0v) is 12.2. The van der Waals surface area contributed by atoms with Crippen LogP contribution in [0.1, 0.15) is 54.4 Å². The molecule has 0 radical (unpaired) electrons. The van der Waals surface area contributed by atoms with Gasteiger partial charge in [0.2, 0.25) is 5.91 Å². The number of amides is 1. The van der Waals surface area contributed by atoms with Crippen LogP contribution in [-0.4, -0.2) is 17.8 Å². The Balaban J connectivity index is 3.85. The molecule has 0 heterocycles. The van der Waals surface area contributed by atoms with Crippen molar-refractivity contribution in [1.29, 1.82) is 0 Å². The molecule has 0 aromatic carbocycles. The highest BCUT2D eigenvalue weighted by molar-refractivity contribution is 6.20. The molecule has 0 aliphatic rings. The van der Waals surface area contributed by atoms with E-state index >= 15 is 0 Å². The van der Waals surface area contributed by atoms with E-state index in [4.69, 9.17) is 11.6 Å². The van der Waals surface area contributed by atoms with Gasteiger partial charge in [-0.3, -0.25) is 4.79 Å². The van der Waals surface area contributed by atoms with Crippen molar-refractivity contribution >= 4 is 17.5 Å². The van der Waals surface area contributed by atoms with Gasteiger partial charge in [0, 0.05) is 13.0 Å². The number of hydrogen-bond acceptors (Lipinski definition) is 1. The molecule has 0 spiro atoms. The van der Waals surface area contributed by atoms with Gasteiger partial charge < -0.3 is 5.32 Å². The van der Waals surface area contributed by atoms with E-state index in [-0.39, 0.29) is 22.1 Å². The first-order chi connectivity index (χ1) is 6.99. The first kappa shape index (κ1) is 15.8. The van der Waals surface area contributed by atoms with Crippen LogP contribution in [0.15, 0.2) is 0 Å². The number of rotatable bonds is 4. The van der Waals surface area contributed by atoms with Crippen molar-refractivity contribution in [2.75, 3.05) is 6.54 Å². The first-order valence-electron chi connectivity index (χ1n) is 5.90. The molecule has 96 valence electrons. The van der Waals surface area contributed by atoms with Gasteiger partial charge in [0.1, 0.15) is 0 Å². The zero-order chi connectivity index (χ0) is 13.0. The van der Waals surface area contributed by atoms with E-state index in [1.165, 1.54) is 0 Å². The SMILES string of the molecule is CC(C)(C)CC(=O)NCC(Cl)CC(C)(C)C. The van der Waals surface area contributed by atoms with Crippen molar-refractivity contribution in [2.45, 2.75) is 59.8 Å². The molecule has 1 unspecified atom stereocenters. The van der Waals surface area contributed by atoms with Crippen LogP contribution < -0.4 is 5.32 Å². The van der Waals surface area contributed by atoms with Gasteiger partial charge in [-0.1, -0.05) is 41.5 Å². The van der Waals surface area contributed by atoms with E-state index < -0.39 is 0 Å². The Morgan fingerprint density at radius 3 is 2.00 bits per heavy atom. The van der Waals surface area contributed by atoms with Crippen LogP contribution >= 0.6 is 11.6 Å². The summed E-state index contributed by atoms with van der Waals surface area (Å²) in [6, 6.07) is 0. The molecule has 0 aromatic heterocycles. The Morgan fingerprint density at radius 1 is 1.12 bits per heavy atom. The lowest BCUT2D eigenvalue weighted by Crippen LogP contribution is -2.33. The van der Waals surface area contributed by atoms with E-state index in [0.717, 1.165) is 6.42 Å². The predicted octanol–water partition coefficient (Wildman–Crippen LogP) is 3.58. The molecular weight excluding hydrogens is 222 g/mol. The minimum atomic E-state index is 0.0175. The van der Waals surface area contributed by atoms with Crippen LogP contribution in [0.3, 0.4) is 0 Å². The van der Waals surface area contributed by atoms with Gasteiger partial charge in [0.05, 0.1) is 5.38 Å². The Hall–Kier alpha value is -0.240. The smallest absolute Gasteiger partial charge is 0.220 e. The number of alkyl halides is 1. The lowest BCUT2D eigenvalue weighted by atomic mass is 9.90. The average molecular weight is 248 g/mol. The van der Waals surface area contributed by atoms with Gasteiger partial charge in [0.25, 0.3) is 0 Å². The summed E-state index contributed by atoms with van der Waals surface area (Å²) in [5.41, 5.74) is 0.247. The van der Waals surface area contributed by atoms with Crippen LogP contribution in [0, 0.1) is 10.8 Å². The van der Waals surface area contributed by atoms with Crippen LogP contribution in [-0.2, 0) is 4.79 Å². The highest BCUT2D eigenvalue weighted by Crippen LogP contribution is 2.23. The first-order valence-corrected chi connectivity index (χ1v) is 6.34. The third-order valence-corrected chi connectivity index (χ3v) is 2.35. The van der Waals surface area contributed by atoms with Gasteiger partial charge in [-0.15, -0.1) is 11.6 Å². The second-order valence-corrected chi connectivity index (χ2v) is 7.52. The molecule has 0 aliphatic carbocycles. The molecule has 0 saturated carbocycles. The number of carbonyl (C=O) groups is 1. The lowest BCUT2D eigenvalue weighted by Gasteiger charge is -2.23. The predicted molar refractivity (Wildman–Crippen MR) is 70.8 cm³/mol. The molecule has 0 bridgehead atoms. The van der Waals surface area contributed by atoms with Crippen molar-refractivity contribution in [3.8, 4) is 0 Å². The van der Waals surface area contributed by atoms with Crippen molar-refractivity contribution in [3.63, 3.8) is 0 Å². The fourth-order valence-electron chi connectivity index (χ4n) is 1.51. The number of hydrogen-bond donors (Lipinski definition) is 1. The van der Waals surface area contributed by atoms with Crippen LogP contribution in [0.2, 0.25) is 0 Å². The summed E-state index contributed by atoms with van der Waals surface area (Å²) < 4.78 is 0. The highest BCUT2D eigenvalue weighted by atomic mass is 35.5. The summed E-state index contributed by atoms with van der Waals surface area (Å²) in [4.78, 5) is 11.6. The van der Waals surface area contributed by atoms with Gasteiger partial charge in [0.15, 0.2) is 0 Å². The molecule has 1 N–H and O–H groups in total. The van der Waals surface area contributed by atoms with Crippen molar-refractivity contribution in [3.05, 3.63) is 0 Å². The van der Waals surface area contributed by atoms with Crippen LogP contribution in [0.5, 0.6) is 0 Å². The lowest BCUT2D eigenvalue weighted by molar-refractivity contribution is -0.122. The number of nitrogens with one attached hydrogen (secondary N) is 1.